The molecule has 0 unspecified atom stereocenters. The van der Waals surface area contributed by atoms with E-state index in [1.165, 1.54) is 5.12 Å². The third kappa shape index (κ3) is 1.13. The Balaban J connectivity index is 2.66. The molecule has 1 aliphatic rings. The quantitative estimate of drug-likeness (QED) is 0.356. The van der Waals surface area contributed by atoms with Gasteiger partial charge in [-0.15, -0.1) is 0 Å². The van der Waals surface area contributed by atoms with Gasteiger partial charge in [0, 0.05) is 6.20 Å². The summed E-state index contributed by atoms with van der Waals surface area (Å²) >= 11 is 2.13. The maximum Gasteiger partial charge on any atom is 0.113 e. The van der Waals surface area contributed by atoms with Crippen molar-refractivity contribution in [1.29, 1.82) is 0 Å². The molecule has 0 saturated heterocycles. The van der Waals surface area contributed by atoms with Crippen LogP contribution < -0.4 is 11.3 Å². The van der Waals surface area contributed by atoms with Crippen molar-refractivity contribution in [3.8, 4) is 0 Å². The Morgan fingerprint density at radius 1 is 1.75 bits per heavy atom. The second-order valence-corrected chi connectivity index (χ2v) is 2.45. The van der Waals surface area contributed by atoms with E-state index >= 15 is 0 Å². The van der Waals surface area contributed by atoms with E-state index < -0.39 is 0 Å². The van der Waals surface area contributed by atoms with Crippen LogP contribution in [0.2, 0.25) is 0 Å². The number of hydrazine groups is 2. The monoisotopic (exact) mass is 223 g/mol. The van der Waals surface area contributed by atoms with Crippen molar-refractivity contribution in [2.45, 2.75) is 0 Å². The highest BCUT2D eigenvalue weighted by Gasteiger charge is 1.98. The molecule has 0 spiro atoms. The molecule has 0 aromatic carbocycles. The van der Waals surface area contributed by atoms with Crippen molar-refractivity contribution >= 4 is 22.6 Å². The summed E-state index contributed by atoms with van der Waals surface area (Å²) < 4.78 is 0.977. The van der Waals surface area contributed by atoms with Gasteiger partial charge in [-0.3, -0.25) is 5.43 Å². The van der Waals surface area contributed by atoms with Crippen LogP contribution in [0.3, 0.4) is 0 Å². The van der Waals surface area contributed by atoms with E-state index in [-0.39, 0.29) is 0 Å². The van der Waals surface area contributed by atoms with Gasteiger partial charge in [0.2, 0.25) is 0 Å². The van der Waals surface area contributed by atoms with Gasteiger partial charge in [0.15, 0.2) is 0 Å². The van der Waals surface area contributed by atoms with Crippen molar-refractivity contribution in [3.05, 3.63) is 22.1 Å². The molecular formula is C4H6IN3. The summed E-state index contributed by atoms with van der Waals surface area (Å²) in [6.45, 7) is 0. The predicted molar refractivity (Wildman–Crippen MR) is 40.4 cm³/mol. The van der Waals surface area contributed by atoms with E-state index in [1.807, 2.05) is 12.2 Å². The zero-order chi connectivity index (χ0) is 5.98. The minimum absolute atomic E-state index is 0.977. The van der Waals surface area contributed by atoms with Gasteiger partial charge in [0.25, 0.3) is 0 Å². The average molecular weight is 223 g/mol. The highest BCUT2D eigenvalue weighted by molar-refractivity contribution is 14.1. The fourth-order valence-corrected chi connectivity index (χ4v) is 0.740. The Labute approximate surface area is 61.3 Å². The lowest BCUT2D eigenvalue weighted by Gasteiger charge is -2.18. The number of rotatable bonds is 0. The van der Waals surface area contributed by atoms with Gasteiger partial charge in [-0.25, -0.2) is 11.0 Å². The molecule has 0 aromatic heterocycles. The van der Waals surface area contributed by atoms with Gasteiger partial charge in [0.1, 0.15) is 3.70 Å². The van der Waals surface area contributed by atoms with E-state index in [0.717, 1.165) is 3.70 Å². The van der Waals surface area contributed by atoms with E-state index in [0.29, 0.717) is 0 Å². The van der Waals surface area contributed by atoms with Crippen LogP contribution >= 0.6 is 22.6 Å². The van der Waals surface area contributed by atoms with Crippen LogP contribution in [0.15, 0.2) is 22.1 Å². The Kier molecular flexibility index (Phi) is 1.74. The minimum Gasteiger partial charge on any atom is -0.291 e. The molecular weight excluding hydrogens is 217 g/mol. The molecule has 0 aromatic rings. The second-order valence-electron chi connectivity index (χ2n) is 1.35. The van der Waals surface area contributed by atoms with Crippen LogP contribution in [0.25, 0.3) is 0 Å². The smallest absolute Gasteiger partial charge is 0.113 e. The van der Waals surface area contributed by atoms with Crippen LogP contribution in [0.4, 0.5) is 0 Å². The molecule has 0 saturated carbocycles. The molecule has 44 valence electrons. The van der Waals surface area contributed by atoms with Crippen molar-refractivity contribution in [1.82, 2.24) is 10.5 Å². The lowest BCUT2D eigenvalue weighted by atomic mass is 10.5. The summed E-state index contributed by atoms with van der Waals surface area (Å²) in [5.74, 6) is 5.37. The van der Waals surface area contributed by atoms with Crippen LogP contribution in [-0.2, 0) is 0 Å². The molecule has 4 heteroatoms. The highest BCUT2D eigenvalue weighted by atomic mass is 127. The summed E-state index contributed by atoms with van der Waals surface area (Å²) in [6, 6.07) is 0. The van der Waals surface area contributed by atoms with Crippen LogP contribution in [0.1, 0.15) is 0 Å². The molecule has 0 atom stereocenters. The first-order chi connectivity index (χ1) is 3.80. The SMILES string of the molecule is NN1NC=CC=C1I. The third-order valence-corrected chi connectivity index (χ3v) is 1.65. The van der Waals surface area contributed by atoms with Gasteiger partial charge in [-0.05, 0) is 34.7 Å². The van der Waals surface area contributed by atoms with Crippen molar-refractivity contribution in [2.24, 2.45) is 5.84 Å². The first-order valence-corrected chi connectivity index (χ1v) is 3.22. The molecule has 0 aliphatic carbocycles. The van der Waals surface area contributed by atoms with E-state index in [9.17, 15) is 0 Å². The maximum atomic E-state index is 5.37. The van der Waals surface area contributed by atoms with Crippen LogP contribution in [0.5, 0.6) is 0 Å². The zero-order valence-corrected chi connectivity index (χ0v) is 6.29. The van der Waals surface area contributed by atoms with E-state index in [4.69, 9.17) is 5.84 Å². The summed E-state index contributed by atoms with van der Waals surface area (Å²) in [5.41, 5.74) is 2.79. The molecule has 0 radical (unpaired) electrons. The third-order valence-electron chi connectivity index (χ3n) is 0.774. The molecule has 3 nitrogen and oxygen atoms in total. The summed E-state index contributed by atoms with van der Waals surface area (Å²) in [4.78, 5) is 0. The molecule has 8 heavy (non-hydrogen) atoms. The Hall–Kier alpha value is -0.230. The lowest BCUT2D eigenvalue weighted by molar-refractivity contribution is 0.321. The lowest BCUT2D eigenvalue weighted by Crippen LogP contribution is -2.39. The molecule has 1 rings (SSSR count). The predicted octanol–water partition coefficient (Wildman–Crippen LogP) is 0.470. The number of nitrogens with one attached hydrogen (secondary N) is 1. The number of hydrogen-bond acceptors (Lipinski definition) is 3. The number of halogens is 1. The van der Waals surface area contributed by atoms with Crippen molar-refractivity contribution in [2.75, 3.05) is 0 Å². The van der Waals surface area contributed by atoms with Crippen LogP contribution in [-0.4, -0.2) is 5.12 Å². The van der Waals surface area contributed by atoms with Gasteiger partial charge in [0.05, 0.1) is 0 Å². The van der Waals surface area contributed by atoms with Gasteiger partial charge in [-0.2, -0.15) is 0 Å². The van der Waals surface area contributed by atoms with Crippen molar-refractivity contribution in [3.63, 3.8) is 0 Å². The van der Waals surface area contributed by atoms with E-state index in [1.54, 1.807) is 6.20 Å². The number of allylic oxidation sites excluding steroid dienone is 2. The fraction of sp³-hybridized carbons (Fsp3) is 0. The van der Waals surface area contributed by atoms with Crippen molar-refractivity contribution < 1.29 is 0 Å². The minimum atomic E-state index is 0.977. The summed E-state index contributed by atoms with van der Waals surface area (Å²) in [6.07, 6.45) is 5.57. The molecule has 0 amide bonds. The molecule has 3 N–H and O–H groups in total. The fourth-order valence-electron chi connectivity index (χ4n) is 0.393. The molecule has 1 heterocycles. The molecule has 1 aliphatic heterocycles. The van der Waals surface area contributed by atoms with E-state index in [2.05, 4.69) is 28.0 Å². The zero-order valence-electron chi connectivity index (χ0n) is 4.13. The standard InChI is InChI=1S/C4H6IN3/c5-4-2-1-3-7-8(4)6/h1-3,7H,6H2. The second kappa shape index (κ2) is 2.36. The topological polar surface area (TPSA) is 41.3 Å². The summed E-state index contributed by atoms with van der Waals surface area (Å²) in [7, 11) is 0. The number of hydrogen-bond donors (Lipinski definition) is 2. The molecule has 0 bridgehead atoms. The Bertz CT molecular complexity index is 140. The largest absolute Gasteiger partial charge is 0.291 e. The Morgan fingerprint density at radius 2 is 2.50 bits per heavy atom. The van der Waals surface area contributed by atoms with Gasteiger partial charge >= 0.3 is 0 Å². The first-order valence-electron chi connectivity index (χ1n) is 2.14. The average Bonchev–Trinajstić information content (AvgIpc) is 1.77. The maximum absolute atomic E-state index is 5.37. The highest BCUT2D eigenvalue weighted by Crippen LogP contribution is 2.08. The van der Waals surface area contributed by atoms with Crippen LogP contribution in [0, 0.1) is 0 Å². The van der Waals surface area contributed by atoms with Gasteiger partial charge < -0.3 is 0 Å². The summed E-state index contributed by atoms with van der Waals surface area (Å²) in [5, 5.41) is 1.44. The van der Waals surface area contributed by atoms with Gasteiger partial charge in [-0.1, -0.05) is 0 Å². The molecule has 0 fully saturated rings. The first kappa shape index (κ1) is 5.90. The normalized spacial score (nSPS) is 17.8. The number of nitrogens with two attached hydrogens (primary N) is 1. The number of nitrogens with zero attached hydrogens (tertiary/aromatic N) is 1. The Morgan fingerprint density at radius 3 is 2.88 bits per heavy atom.